The van der Waals surface area contributed by atoms with Crippen molar-refractivity contribution in [1.82, 2.24) is 39.3 Å². The van der Waals surface area contributed by atoms with E-state index >= 15 is 0 Å². The topological polar surface area (TPSA) is 128 Å². The van der Waals surface area contributed by atoms with Gasteiger partial charge < -0.3 is 20.6 Å². The fourth-order valence-corrected chi connectivity index (χ4v) is 4.10. The normalized spacial score (nSPS) is 15.0. The van der Waals surface area contributed by atoms with Crippen LogP contribution >= 0.6 is 0 Å². The second-order valence-corrected chi connectivity index (χ2v) is 8.04. The average Bonchev–Trinajstić information content (AvgIpc) is 3.13. The molecule has 4 N–H and O–H groups in total. The molecule has 31 heavy (non-hydrogen) atoms. The van der Waals surface area contributed by atoms with Gasteiger partial charge in [0.2, 0.25) is 5.95 Å². The summed E-state index contributed by atoms with van der Waals surface area (Å²) in [4.78, 5) is 20.9. The fraction of sp³-hybridized carbons (Fsp3) is 0.286. The van der Waals surface area contributed by atoms with E-state index in [0.29, 0.717) is 23.0 Å². The number of nitrogens with zero attached hydrogens (tertiary/aromatic N) is 7. The maximum atomic E-state index is 5.90. The van der Waals surface area contributed by atoms with Crippen molar-refractivity contribution in [3.05, 3.63) is 42.6 Å². The molecule has 1 saturated carbocycles. The van der Waals surface area contributed by atoms with E-state index in [1.165, 1.54) is 0 Å². The third-order valence-corrected chi connectivity index (χ3v) is 5.80. The van der Waals surface area contributed by atoms with Gasteiger partial charge in [-0.05, 0) is 38.0 Å². The summed E-state index contributed by atoms with van der Waals surface area (Å²) in [5.41, 5.74) is 12.2. The smallest absolute Gasteiger partial charge is 0.224 e. The van der Waals surface area contributed by atoms with Gasteiger partial charge in [-0.2, -0.15) is 15.1 Å². The van der Waals surface area contributed by atoms with Gasteiger partial charge in [-0.3, -0.25) is 4.68 Å². The van der Waals surface area contributed by atoms with Crippen LogP contribution in [-0.2, 0) is 7.05 Å². The number of anilines is 2. The molecule has 156 valence electrons. The van der Waals surface area contributed by atoms with Crippen molar-refractivity contribution in [1.29, 1.82) is 0 Å². The van der Waals surface area contributed by atoms with Crippen LogP contribution in [0, 0.1) is 0 Å². The predicted molar refractivity (Wildman–Crippen MR) is 118 cm³/mol. The Balaban J connectivity index is 1.49. The number of rotatable bonds is 5. The number of nitrogens with two attached hydrogens (primary N) is 1. The van der Waals surface area contributed by atoms with Crippen molar-refractivity contribution in [3.63, 3.8) is 0 Å². The first kappa shape index (κ1) is 17.9. The summed E-state index contributed by atoms with van der Waals surface area (Å²) in [6.07, 6.45) is 7.80. The lowest BCUT2D eigenvalue weighted by Gasteiger charge is -2.19. The minimum atomic E-state index is -0.150. The van der Waals surface area contributed by atoms with Crippen LogP contribution in [0.1, 0.15) is 37.5 Å². The van der Waals surface area contributed by atoms with Crippen molar-refractivity contribution in [3.8, 4) is 11.3 Å². The summed E-state index contributed by atoms with van der Waals surface area (Å²) in [6, 6.07) is 6.62. The highest BCUT2D eigenvalue weighted by atomic mass is 15.3. The first-order valence-corrected chi connectivity index (χ1v) is 10.3. The molecule has 10 nitrogen and oxygen atoms in total. The Hall–Kier alpha value is -3.95. The Morgan fingerprint density at radius 2 is 2.10 bits per heavy atom. The molecule has 0 aromatic carbocycles. The Labute approximate surface area is 177 Å². The van der Waals surface area contributed by atoms with E-state index in [0.717, 1.165) is 40.8 Å². The predicted octanol–water partition coefficient (Wildman–Crippen LogP) is 3.19. The zero-order chi connectivity index (χ0) is 21.1. The number of imidazole rings is 1. The van der Waals surface area contributed by atoms with Gasteiger partial charge in [-0.25, -0.2) is 9.97 Å². The van der Waals surface area contributed by atoms with Crippen molar-refractivity contribution >= 4 is 34.0 Å². The number of aryl methyl sites for hydroxylation is 1. The van der Waals surface area contributed by atoms with Crippen LogP contribution in [0.5, 0.6) is 0 Å². The number of aromatic nitrogens is 8. The summed E-state index contributed by atoms with van der Waals surface area (Å²) in [5, 5.41) is 8.05. The van der Waals surface area contributed by atoms with Crippen molar-refractivity contribution in [2.45, 2.75) is 31.8 Å². The largest absolute Gasteiger partial charge is 0.368 e. The van der Waals surface area contributed by atoms with E-state index in [-0.39, 0.29) is 12.0 Å². The SMILES string of the molecule is CC(Nc1nc(N)nc2nc[nH]c12)c1nc2ccn(C)c2cc1-c1ccnn1C1CC1. The number of hydrogen-bond acceptors (Lipinski definition) is 7. The van der Waals surface area contributed by atoms with E-state index in [9.17, 15) is 0 Å². The first-order valence-electron chi connectivity index (χ1n) is 10.3. The monoisotopic (exact) mass is 414 g/mol. The lowest BCUT2D eigenvalue weighted by Crippen LogP contribution is -2.14. The Kier molecular flexibility index (Phi) is 3.76. The summed E-state index contributed by atoms with van der Waals surface area (Å²) in [5.74, 6) is 0.775. The molecule has 1 fully saturated rings. The molecule has 5 heterocycles. The van der Waals surface area contributed by atoms with E-state index in [4.69, 9.17) is 10.7 Å². The number of fused-ring (bicyclic) bond motifs is 2. The molecule has 10 heteroatoms. The summed E-state index contributed by atoms with van der Waals surface area (Å²) >= 11 is 0. The number of H-pyrrole nitrogens is 1. The van der Waals surface area contributed by atoms with Crippen LogP contribution in [0.4, 0.5) is 11.8 Å². The van der Waals surface area contributed by atoms with Gasteiger partial charge >= 0.3 is 0 Å². The highest BCUT2D eigenvalue weighted by Gasteiger charge is 2.28. The van der Waals surface area contributed by atoms with Crippen molar-refractivity contribution < 1.29 is 0 Å². The molecule has 5 aromatic heterocycles. The Bertz CT molecular complexity index is 1420. The van der Waals surface area contributed by atoms with Crippen LogP contribution in [0.3, 0.4) is 0 Å². The Morgan fingerprint density at radius 1 is 1.23 bits per heavy atom. The first-order chi connectivity index (χ1) is 15.1. The van der Waals surface area contributed by atoms with Crippen LogP contribution in [-0.4, -0.2) is 39.3 Å². The second-order valence-electron chi connectivity index (χ2n) is 8.04. The average molecular weight is 414 g/mol. The molecule has 0 radical (unpaired) electrons. The van der Waals surface area contributed by atoms with Crippen molar-refractivity contribution in [2.75, 3.05) is 11.1 Å². The molecule has 0 aliphatic heterocycles. The number of hydrogen-bond donors (Lipinski definition) is 3. The summed E-state index contributed by atoms with van der Waals surface area (Å²) in [7, 11) is 2.03. The van der Waals surface area contributed by atoms with Gasteiger partial charge in [0.15, 0.2) is 11.5 Å². The molecule has 1 atom stereocenters. The van der Waals surface area contributed by atoms with Gasteiger partial charge in [0, 0.05) is 25.0 Å². The van der Waals surface area contributed by atoms with Gasteiger partial charge in [-0.15, -0.1) is 0 Å². The zero-order valence-corrected chi connectivity index (χ0v) is 17.2. The number of aromatic amines is 1. The van der Waals surface area contributed by atoms with Gasteiger partial charge in [-0.1, -0.05) is 0 Å². The molecular weight excluding hydrogens is 392 g/mol. The molecule has 0 amide bonds. The van der Waals surface area contributed by atoms with Gasteiger partial charge in [0.1, 0.15) is 5.52 Å². The molecule has 5 aromatic rings. The van der Waals surface area contributed by atoms with Gasteiger partial charge in [0.05, 0.1) is 40.8 Å². The second kappa shape index (κ2) is 6.53. The molecule has 1 aliphatic rings. The molecule has 0 bridgehead atoms. The number of pyridine rings is 1. The van der Waals surface area contributed by atoms with Crippen LogP contribution in [0.15, 0.2) is 36.9 Å². The Morgan fingerprint density at radius 3 is 2.94 bits per heavy atom. The van der Waals surface area contributed by atoms with Crippen LogP contribution in [0.25, 0.3) is 33.5 Å². The zero-order valence-electron chi connectivity index (χ0n) is 17.2. The van der Waals surface area contributed by atoms with Crippen molar-refractivity contribution in [2.24, 2.45) is 7.05 Å². The van der Waals surface area contributed by atoms with E-state index in [1.807, 2.05) is 25.5 Å². The lowest BCUT2D eigenvalue weighted by molar-refractivity contribution is 0.647. The third-order valence-electron chi connectivity index (χ3n) is 5.80. The van der Waals surface area contributed by atoms with Crippen LogP contribution in [0.2, 0.25) is 0 Å². The molecule has 1 aliphatic carbocycles. The number of nitrogen functional groups attached to an aromatic ring is 1. The van der Waals surface area contributed by atoms with E-state index < -0.39 is 0 Å². The molecule has 0 saturated heterocycles. The van der Waals surface area contributed by atoms with Gasteiger partial charge in [0.25, 0.3) is 0 Å². The fourth-order valence-electron chi connectivity index (χ4n) is 4.10. The standard InChI is InChI=1S/C21H22N10/c1-11(26-20-18-19(24-10-23-18)28-21(22)29-20)17-13(9-16-14(27-17)6-8-30(16)2)15-5-7-25-31(15)12-3-4-12/h5-12H,3-4H2,1-2H3,(H4,22,23,24,26,28,29). The molecule has 1 unspecified atom stereocenters. The highest BCUT2D eigenvalue weighted by molar-refractivity contribution is 5.85. The van der Waals surface area contributed by atoms with Crippen LogP contribution < -0.4 is 11.1 Å². The lowest BCUT2D eigenvalue weighted by atomic mass is 10.0. The van der Waals surface area contributed by atoms with E-state index in [2.05, 4.69) is 58.7 Å². The minimum Gasteiger partial charge on any atom is -0.368 e. The molecule has 6 rings (SSSR count). The molecule has 0 spiro atoms. The molecular formula is C21H22N10. The minimum absolute atomic E-state index is 0.150. The van der Waals surface area contributed by atoms with E-state index in [1.54, 1.807) is 6.33 Å². The maximum Gasteiger partial charge on any atom is 0.224 e. The number of nitrogens with one attached hydrogen (secondary N) is 2. The quantitative estimate of drug-likeness (QED) is 0.403. The maximum absolute atomic E-state index is 5.90. The third kappa shape index (κ3) is 2.90. The summed E-state index contributed by atoms with van der Waals surface area (Å²) in [6.45, 7) is 2.07. The highest BCUT2D eigenvalue weighted by Crippen LogP contribution is 2.40. The summed E-state index contributed by atoms with van der Waals surface area (Å²) < 4.78 is 4.21.